The number of aldehydes is 1. The standard InChI is InChI=1S/C18H27NO3/c1-5-18(3,4)14-19(11-15(2)12-20)17(21)22-13-16-9-7-6-8-10-16/h6-10,12,15H,5,11,13-14H2,1-4H3. The average molecular weight is 305 g/mol. The quantitative estimate of drug-likeness (QED) is 0.684. The Morgan fingerprint density at radius 1 is 1.32 bits per heavy atom. The molecule has 0 aliphatic rings. The summed E-state index contributed by atoms with van der Waals surface area (Å²) in [4.78, 5) is 24.9. The second-order valence-electron chi connectivity index (χ2n) is 6.55. The zero-order valence-corrected chi connectivity index (χ0v) is 14.0. The normalized spacial score (nSPS) is 12.5. The molecule has 1 unspecified atom stereocenters. The molecule has 0 saturated carbocycles. The van der Waals surface area contributed by atoms with Crippen LogP contribution in [0.5, 0.6) is 0 Å². The van der Waals surface area contributed by atoms with Crippen molar-refractivity contribution < 1.29 is 14.3 Å². The molecule has 0 spiro atoms. The Hall–Kier alpha value is -1.84. The van der Waals surface area contributed by atoms with Gasteiger partial charge in [-0.25, -0.2) is 4.79 Å². The maximum Gasteiger partial charge on any atom is 0.410 e. The smallest absolute Gasteiger partial charge is 0.410 e. The molecule has 122 valence electrons. The van der Waals surface area contributed by atoms with E-state index in [1.54, 1.807) is 4.90 Å². The number of carbonyl (C=O) groups excluding carboxylic acids is 2. The Morgan fingerprint density at radius 2 is 1.95 bits per heavy atom. The van der Waals surface area contributed by atoms with Crippen LogP contribution in [-0.4, -0.2) is 30.4 Å². The van der Waals surface area contributed by atoms with Gasteiger partial charge in [0.05, 0.1) is 0 Å². The fourth-order valence-corrected chi connectivity index (χ4v) is 2.03. The number of hydrogen-bond donors (Lipinski definition) is 0. The highest BCUT2D eigenvalue weighted by molar-refractivity contribution is 5.68. The zero-order valence-electron chi connectivity index (χ0n) is 14.0. The second kappa shape index (κ2) is 8.57. The van der Waals surface area contributed by atoms with Crippen LogP contribution in [0, 0.1) is 11.3 Å². The summed E-state index contributed by atoms with van der Waals surface area (Å²) < 4.78 is 5.40. The topological polar surface area (TPSA) is 46.6 Å². The number of carbonyl (C=O) groups is 2. The minimum Gasteiger partial charge on any atom is -0.445 e. The van der Waals surface area contributed by atoms with E-state index >= 15 is 0 Å². The van der Waals surface area contributed by atoms with Crippen LogP contribution < -0.4 is 0 Å². The maximum atomic E-state index is 12.3. The van der Waals surface area contributed by atoms with Gasteiger partial charge >= 0.3 is 6.09 Å². The van der Waals surface area contributed by atoms with Gasteiger partial charge in [-0.05, 0) is 17.4 Å². The fraction of sp³-hybridized carbons (Fsp3) is 0.556. The van der Waals surface area contributed by atoms with Crippen LogP contribution in [0.2, 0.25) is 0 Å². The molecule has 4 nitrogen and oxygen atoms in total. The monoisotopic (exact) mass is 305 g/mol. The molecule has 0 bridgehead atoms. The predicted octanol–water partition coefficient (Wildman–Crippen LogP) is 3.90. The molecule has 0 radical (unpaired) electrons. The van der Waals surface area contributed by atoms with Gasteiger partial charge < -0.3 is 14.4 Å². The largest absolute Gasteiger partial charge is 0.445 e. The van der Waals surface area contributed by atoms with Gasteiger partial charge in [0, 0.05) is 19.0 Å². The van der Waals surface area contributed by atoms with Gasteiger partial charge in [-0.2, -0.15) is 0 Å². The molecule has 0 fully saturated rings. The van der Waals surface area contributed by atoms with Crippen LogP contribution in [0.15, 0.2) is 30.3 Å². The van der Waals surface area contributed by atoms with Gasteiger partial charge in [0.25, 0.3) is 0 Å². The third-order valence-electron chi connectivity index (χ3n) is 3.78. The van der Waals surface area contributed by atoms with Crippen molar-refractivity contribution in [2.24, 2.45) is 11.3 Å². The molecule has 0 saturated heterocycles. The highest BCUT2D eigenvalue weighted by Gasteiger charge is 2.25. The van der Waals surface area contributed by atoms with Crippen LogP contribution in [0.3, 0.4) is 0 Å². The first-order chi connectivity index (χ1) is 10.4. The lowest BCUT2D eigenvalue weighted by molar-refractivity contribution is -0.111. The highest BCUT2D eigenvalue weighted by Crippen LogP contribution is 2.22. The summed E-state index contributed by atoms with van der Waals surface area (Å²) in [6.07, 6.45) is 1.46. The molecular weight excluding hydrogens is 278 g/mol. The van der Waals surface area contributed by atoms with Gasteiger partial charge in [-0.15, -0.1) is 0 Å². The first-order valence-electron chi connectivity index (χ1n) is 7.79. The summed E-state index contributed by atoms with van der Waals surface area (Å²) in [5, 5.41) is 0. The van der Waals surface area contributed by atoms with E-state index in [1.165, 1.54) is 0 Å². The summed E-state index contributed by atoms with van der Waals surface area (Å²) in [6, 6.07) is 9.58. The van der Waals surface area contributed by atoms with Crippen molar-refractivity contribution >= 4 is 12.4 Å². The molecule has 0 aliphatic heterocycles. The molecule has 0 aromatic heterocycles. The van der Waals surface area contributed by atoms with E-state index in [9.17, 15) is 9.59 Å². The maximum absolute atomic E-state index is 12.3. The minimum absolute atomic E-state index is 0.00558. The summed E-state index contributed by atoms with van der Waals surface area (Å²) in [5.41, 5.74) is 0.947. The molecule has 0 heterocycles. The number of benzene rings is 1. The Kier molecular flexibility index (Phi) is 7.09. The van der Waals surface area contributed by atoms with Crippen molar-refractivity contribution in [2.75, 3.05) is 13.1 Å². The number of nitrogens with zero attached hydrogens (tertiary/aromatic N) is 1. The van der Waals surface area contributed by atoms with E-state index in [0.717, 1.165) is 18.3 Å². The van der Waals surface area contributed by atoms with E-state index in [4.69, 9.17) is 4.74 Å². The van der Waals surface area contributed by atoms with Crippen LogP contribution in [-0.2, 0) is 16.1 Å². The summed E-state index contributed by atoms with van der Waals surface area (Å²) in [5.74, 6) is -0.197. The Labute approximate surface area is 133 Å². The van der Waals surface area contributed by atoms with E-state index in [2.05, 4.69) is 20.8 Å². The van der Waals surface area contributed by atoms with E-state index in [-0.39, 0.29) is 24.0 Å². The lowest BCUT2D eigenvalue weighted by Crippen LogP contribution is -2.41. The molecule has 4 heteroatoms. The molecule has 22 heavy (non-hydrogen) atoms. The number of amides is 1. The summed E-state index contributed by atoms with van der Waals surface area (Å²) in [6.45, 7) is 9.33. The zero-order chi connectivity index (χ0) is 16.6. The van der Waals surface area contributed by atoms with E-state index < -0.39 is 0 Å². The van der Waals surface area contributed by atoms with Crippen molar-refractivity contribution in [1.82, 2.24) is 4.90 Å². The second-order valence-corrected chi connectivity index (χ2v) is 6.55. The Bertz CT molecular complexity index is 470. The van der Waals surface area contributed by atoms with Crippen molar-refractivity contribution in [2.45, 2.75) is 40.7 Å². The summed E-state index contributed by atoms with van der Waals surface area (Å²) >= 11 is 0. The Balaban J connectivity index is 2.68. The van der Waals surface area contributed by atoms with Crippen LogP contribution in [0.25, 0.3) is 0 Å². The molecule has 1 aromatic rings. The lowest BCUT2D eigenvalue weighted by Gasteiger charge is -2.32. The summed E-state index contributed by atoms with van der Waals surface area (Å²) in [7, 11) is 0. The molecule has 0 N–H and O–H groups in total. The van der Waals surface area contributed by atoms with Gasteiger partial charge in [0.1, 0.15) is 12.9 Å². The predicted molar refractivity (Wildman–Crippen MR) is 87.5 cm³/mol. The van der Waals surface area contributed by atoms with Crippen LogP contribution in [0.1, 0.15) is 39.7 Å². The number of rotatable bonds is 8. The molecule has 1 amide bonds. The molecule has 1 aromatic carbocycles. The third kappa shape index (κ3) is 6.29. The molecular formula is C18H27NO3. The van der Waals surface area contributed by atoms with Crippen molar-refractivity contribution in [3.05, 3.63) is 35.9 Å². The van der Waals surface area contributed by atoms with Gasteiger partial charge in [0.2, 0.25) is 0 Å². The first kappa shape index (κ1) is 18.2. The SMILES string of the molecule is CCC(C)(C)CN(CC(C)C=O)C(=O)OCc1ccccc1. The number of ether oxygens (including phenoxy) is 1. The third-order valence-corrected chi connectivity index (χ3v) is 3.78. The van der Waals surface area contributed by atoms with Crippen LogP contribution >= 0.6 is 0 Å². The average Bonchev–Trinajstić information content (AvgIpc) is 2.52. The van der Waals surface area contributed by atoms with Gasteiger partial charge in [-0.1, -0.05) is 58.0 Å². The van der Waals surface area contributed by atoms with Gasteiger partial charge in [0.15, 0.2) is 0 Å². The molecule has 1 atom stereocenters. The molecule has 1 rings (SSSR count). The van der Waals surface area contributed by atoms with Crippen molar-refractivity contribution in [1.29, 1.82) is 0 Å². The van der Waals surface area contributed by atoms with Gasteiger partial charge in [-0.3, -0.25) is 0 Å². The van der Waals surface area contributed by atoms with E-state index in [0.29, 0.717) is 13.1 Å². The van der Waals surface area contributed by atoms with E-state index in [1.807, 2.05) is 37.3 Å². The van der Waals surface area contributed by atoms with Crippen molar-refractivity contribution in [3.8, 4) is 0 Å². The Morgan fingerprint density at radius 3 is 2.50 bits per heavy atom. The fourth-order valence-electron chi connectivity index (χ4n) is 2.03. The molecule has 0 aliphatic carbocycles. The lowest BCUT2D eigenvalue weighted by atomic mass is 9.89. The minimum atomic E-state index is -0.362. The first-order valence-corrected chi connectivity index (χ1v) is 7.79. The van der Waals surface area contributed by atoms with Crippen LogP contribution in [0.4, 0.5) is 4.79 Å². The van der Waals surface area contributed by atoms with Crippen molar-refractivity contribution in [3.63, 3.8) is 0 Å². The number of hydrogen-bond acceptors (Lipinski definition) is 3. The highest BCUT2D eigenvalue weighted by atomic mass is 16.6.